The molecule has 1 aromatic carbocycles. The number of carbonyl (C=O) groups excluding carboxylic acids is 1. The average Bonchev–Trinajstić information content (AvgIpc) is 2.91. The van der Waals surface area contributed by atoms with Gasteiger partial charge in [-0.25, -0.2) is 5.43 Å². The molecule has 1 heterocycles. The van der Waals surface area contributed by atoms with E-state index in [1.165, 1.54) is 0 Å². The molecule has 0 aliphatic heterocycles. The van der Waals surface area contributed by atoms with E-state index < -0.39 is 0 Å². The van der Waals surface area contributed by atoms with Gasteiger partial charge in [-0.05, 0) is 58.4 Å². The molecule has 2 rings (SSSR count). The van der Waals surface area contributed by atoms with E-state index in [0.717, 1.165) is 22.5 Å². The second-order valence-corrected chi connectivity index (χ2v) is 6.14. The molecule has 2 aromatic rings. The highest BCUT2D eigenvalue weighted by molar-refractivity contribution is 6.02. The van der Waals surface area contributed by atoms with E-state index in [4.69, 9.17) is 9.47 Å². The number of H-pyrrole nitrogens is 1. The van der Waals surface area contributed by atoms with Crippen molar-refractivity contribution in [3.05, 3.63) is 46.8 Å². The van der Waals surface area contributed by atoms with Gasteiger partial charge in [0.05, 0.1) is 18.9 Å². The van der Waals surface area contributed by atoms with Gasteiger partial charge in [-0.15, -0.1) is 0 Å². The highest BCUT2D eigenvalue weighted by atomic mass is 16.5. The standard InChI is InChI=1S/C19H25N3O3/c1-11(2)25-16-8-7-15(9-17(16)24-6)19(23)22-21-14(5)18-12(3)10-20-13(18)4/h7-11,20H,1-6H3,(H,22,23)/b21-14+. The van der Waals surface area contributed by atoms with E-state index >= 15 is 0 Å². The molecule has 0 radical (unpaired) electrons. The Bertz CT molecular complexity index is 772. The number of aromatic nitrogens is 1. The number of hydrogen-bond acceptors (Lipinski definition) is 4. The van der Waals surface area contributed by atoms with Gasteiger partial charge in [-0.2, -0.15) is 5.10 Å². The van der Waals surface area contributed by atoms with Gasteiger partial charge in [0.2, 0.25) is 0 Å². The van der Waals surface area contributed by atoms with Crippen molar-refractivity contribution in [3.8, 4) is 11.5 Å². The van der Waals surface area contributed by atoms with Crippen molar-refractivity contribution in [3.63, 3.8) is 0 Å². The summed E-state index contributed by atoms with van der Waals surface area (Å²) in [7, 11) is 1.55. The molecule has 0 aliphatic carbocycles. The minimum atomic E-state index is -0.306. The number of benzene rings is 1. The lowest BCUT2D eigenvalue weighted by atomic mass is 10.1. The van der Waals surface area contributed by atoms with E-state index in [1.807, 2.05) is 40.8 Å². The van der Waals surface area contributed by atoms with E-state index in [2.05, 4.69) is 15.5 Å². The van der Waals surface area contributed by atoms with Crippen molar-refractivity contribution in [2.45, 2.75) is 40.7 Å². The minimum Gasteiger partial charge on any atom is -0.493 e. The fourth-order valence-corrected chi connectivity index (χ4v) is 2.63. The summed E-state index contributed by atoms with van der Waals surface area (Å²) in [4.78, 5) is 15.5. The number of nitrogens with one attached hydrogen (secondary N) is 2. The van der Waals surface area contributed by atoms with E-state index in [9.17, 15) is 4.79 Å². The molecule has 1 amide bonds. The zero-order valence-electron chi connectivity index (χ0n) is 15.6. The third-order valence-electron chi connectivity index (χ3n) is 3.75. The molecule has 134 valence electrons. The number of rotatable bonds is 6. The minimum absolute atomic E-state index is 0.0219. The highest BCUT2D eigenvalue weighted by Gasteiger charge is 2.13. The molecule has 2 N–H and O–H groups in total. The molecule has 0 atom stereocenters. The Hall–Kier alpha value is -2.76. The number of methoxy groups -OCH3 is 1. The first-order valence-electron chi connectivity index (χ1n) is 8.17. The lowest BCUT2D eigenvalue weighted by Crippen LogP contribution is -2.20. The molecule has 0 saturated heterocycles. The summed E-state index contributed by atoms with van der Waals surface area (Å²) in [5.74, 6) is 0.811. The van der Waals surface area contributed by atoms with Crippen LogP contribution in [0.25, 0.3) is 0 Å². The second kappa shape index (κ2) is 7.88. The maximum absolute atomic E-state index is 12.4. The monoisotopic (exact) mass is 343 g/mol. The summed E-state index contributed by atoms with van der Waals surface area (Å²) in [6.45, 7) is 9.70. The Balaban J connectivity index is 2.17. The quantitative estimate of drug-likeness (QED) is 0.622. The van der Waals surface area contributed by atoms with Crippen LogP contribution in [0.1, 0.15) is 48.0 Å². The van der Waals surface area contributed by atoms with Crippen LogP contribution < -0.4 is 14.9 Å². The van der Waals surface area contributed by atoms with Gasteiger partial charge in [0.15, 0.2) is 11.5 Å². The fraction of sp³-hybridized carbons (Fsp3) is 0.368. The van der Waals surface area contributed by atoms with Crippen LogP contribution in [-0.2, 0) is 0 Å². The number of ether oxygens (including phenoxy) is 2. The van der Waals surface area contributed by atoms with Crippen molar-refractivity contribution in [2.24, 2.45) is 5.10 Å². The molecule has 0 bridgehead atoms. The van der Waals surface area contributed by atoms with Crippen LogP contribution in [0.3, 0.4) is 0 Å². The molecular formula is C19H25N3O3. The molecule has 0 unspecified atom stereocenters. The lowest BCUT2D eigenvalue weighted by molar-refractivity contribution is 0.0954. The highest BCUT2D eigenvalue weighted by Crippen LogP contribution is 2.29. The number of aryl methyl sites for hydroxylation is 2. The van der Waals surface area contributed by atoms with E-state index in [1.54, 1.807) is 25.3 Å². The normalized spacial score (nSPS) is 11.6. The van der Waals surface area contributed by atoms with Crippen molar-refractivity contribution < 1.29 is 14.3 Å². The van der Waals surface area contributed by atoms with Gasteiger partial charge >= 0.3 is 0 Å². The van der Waals surface area contributed by atoms with Gasteiger partial charge in [0.25, 0.3) is 5.91 Å². The maximum Gasteiger partial charge on any atom is 0.271 e. The summed E-state index contributed by atoms with van der Waals surface area (Å²) in [6, 6.07) is 5.06. The van der Waals surface area contributed by atoms with Crippen molar-refractivity contribution in [1.82, 2.24) is 10.4 Å². The van der Waals surface area contributed by atoms with Crippen LogP contribution in [0, 0.1) is 13.8 Å². The van der Waals surface area contributed by atoms with Crippen LogP contribution in [0.2, 0.25) is 0 Å². The maximum atomic E-state index is 12.4. The summed E-state index contributed by atoms with van der Waals surface area (Å²) in [6.07, 6.45) is 1.94. The molecule has 6 nitrogen and oxygen atoms in total. The smallest absolute Gasteiger partial charge is 0.271 e. The number of nitrogens with zero attached hydrogens (tertiary/aromatic N) is 1. The van der Waals surface area contributed by atoms with Crippen molar-refractivity contribution in [1.29, 1.82) is 0 Å². The molecule has 0 aliphatic rings. The summed E-state index contributed by atoms with van der Waals surface area (Å²) < 4.78 is 11.0. The molecule has 25 heavy (non-hydrogen) atoms. The largest absolute Gasteiger partial charge is 0.493 e. The van der Waals surface area contributed by atoms with Crippen LogP contribution in [-0.4, -0.2) is 29.8 Å². The first-order valence-corrected chi connectivity index (χ1v) is 8.17. The topological polar surface area (TPSA) is 75.7 Å². The first kappa shape index (κ1) is 18.6. The molecule has 0 saturated carbocycles. The lowest BCUT2D eigenvalue weighted by Gasteiger charge is -2.14. The molecule has 6 heteroatoms. The van der Waals surface area contributed by atoms with E-state index in [-0.39, 0.29) is 12.0 Å². The third-order valence-corrected chi connectivity index (χ3v) is 3.75. The Morgan fingerprint density at radius 1 is 1.24 bits per heavy atom. The van der Waals surface area contributed by atoms with Gasteiger partial charge in [0.1, 0.15) is 0 Å². The van der Waals surface area contributed by atoms with Crippen LogP contribution >= 0.6 is 0 Å². The number of hydrazone groups is 1. The van der Waals surface area contributed by atoms with Crippen LogP contribution in [0.5, 0.6) is 11.5 Å². The van der Waals surface area contributed by atoms with Crippen LogP contribution in [0.4, 0.5) is 0 Å². The van der Waals surface area contributed by atoms with Gasteiger partial charge < -0.3 is 14.5 Å². The fourth-order valence-electron chi connectivity index (χ4n) is 2.63. The SMILES string of the molecule is COc1cc(C(=O)N/N=C(\C)c2c(C)c[nH]c2C)ccc1OC(C)C. The summed E-state index contributed by atoms with van der Waals surface area (Å²) in [5, 5.41) is 4.22. The number of amides is 1. The second-order valence-electron chi connectivity index (χ2n) is 6.14. The first-order chi connectivity index (χ1) is 11.8. The van der Waals surface area contributed by atoms with Gasteiger partial charge in [-0.3, -0.25) is 4.79 Å². The Morgan fingerprint density at radius 2 is 1.96 bits per heavy atom. The van der Waals surface area contributed by atoms with E-state index in [0.29, 0.717) is 17.1 Å². The summed E-state index contributed by atoms with van der Waals surface area (Å²) in [5.41, 5.74) is 6.91. The Morgan fingerprint density at radius 3 is 2.52 bits per heavy atom. The third kappa shape index (κ3) is 4.41. The molecule has 0 spiro atoms. The zero-order valence-corrected chi connectivity index (χ0v) is 15.6. The number of carbonyl (C=O) groups is 1. The predicted molar refractivity (Wildman–Crippen MR) is 98.7 cm³/mol. The molecule has 0 fully saturated rings. The van der Waals surface area contributed by atoms with Crippen molar-refractivity contribution in [2.75, 3.05) is 7.11 Å². The number of hydrogen-bond donors (Lipinski definition) is 2. The summed E-state index contributed by atoms with van der Waals surface area (Å²) >= 11 is 0. The average molecular weight is 343 g/mol. The Kier molecular flexibility index (Phi) is 5.85. The molecular weight excluding hydrogens is 318 g/mol. The van der Waals surface area contributed by atoms with Gasteiger partial charge in [-0.1, -0.05) is 0 Å². The van der Waals surface area contributed by atoms with Crippen LogP contribution in [0.15, 0.2) is 29.5 Å². The molecule has 1 aromatic heterocycles. The zero-order chi connectivity index (χ0) is 18.6. The predicted octanol–water partition coefficient (Wildman–Crippen LogP) is 3.58. The Labute approximate surface area is 148 Å². The van der Waals surface area contributed by atoms with Crippen molar-refractivity contribution >= 4 is 11.6 Å². The van der Waals surface area contributed by atoms with Gasteiger partial charge in [0, 0.05) is 23.0 Å². The number of aromatic amines is 1.